The van der Waals surface area contributed by atoms with E-state index in [0.29, 0.717) is 35.1 Å². The Bertz CT molecular complexity index is 631. The summed E-state index contributed by atoms with van der Waals surface area (Å²) in [5.41, 5.74) is 2.28. The Kier molecular flexibility index (Phi) is 6.99. The van der Waals surface area contributed by atoms with Crippen LogP contribution in [0.15, 0.2) is 35.5 Å². The van der Waals surface area contributed by atoms with Gasteiger partial charge in [-0.1, -0.05) is 30.7 Å². The average Bonchev–Trinajstić information content (AvgIpc) is 2.56. The maximum atomic E-state index is 12.3. The second kappa shape index (κ2) is 8.99. The monoisotopic (exact) mass is 368 g/mol. The molecule has 0 spiro atoms. The molecule has 1 aromatic rings. The highest BCUT2D eigenvalue weighted by molar-refractivity contribution is 7.98. The van der Waals surface area contributed by atoms with Crippen LogP contribution in [0.5, 0.6) is 0 Å². The number of ether oxygens (including phenoxy) is 1. The number of carbonyl (C=O) groups excluding carboxylic acids is 2. The van der Waals surface area contributed by atoms with Crippen LogP contribution in [0.25, 0.3) is 0 Å². The molecule has 0 unspecified atom stereocenters. The predicted molar refractivity (Wildman–Crippen MR) is 97.0 cm³/mol. The largest absolute Gasteiger partial charge is 0.463 e. The fourth-order valence-electron chi connectivity index (χ4n) is 2.43. The van der Waals surface area contributed by atoms with Gasteiger partial charge in [0.25, 0.3) is 0 Å². The van der Waals surface area contributed by atoms with Crippen LogP contribution in [-0.4, -0.2) is 30.4 Å². The standard InChI is InChI=1S/C17H21ClN2O3S/c1-3-13-15(16(21)23-4-2)14(20-17(22)19-13)10-24-9-11-5-7-12(18)8-6-11/h5-8,13H,3-4,9-10H2,1-2H3,(H2,19,20,22)/t13-/m1/s1. The first kappa shape index (κ1) is 18.7. The number of carbonyl (C=O) groups is 2. The summed E-state index contributed by atoms with van der Waals surface area (Å²) in [4.78, 5) is 24.1. The van der Waals surface area contributed by atoms with E-state index in [1.807, 2.05) is 31.2 Å². The van der Waals surface area contributed by atoms with Crippen LogP contribution in [0.2, 0.25) is 5.02 Å². The van der Waals surface area contributed by atoms with Gasteiger partial charge in [0.15, 0.2) is 0 Å². The molecule has 1 aliphatic heterocycles. The van der Waals surface area contributed by atoms with Gasteiger partial charge in [-0.2, -0.15) is 11.8 Å². The summed E-state index contributed by atoms with van der Waals surface area (Å²) < 4.78 is 5.14. The van der Waals surface area contributed by atoms with Crippen molar-refractivity contribution in [1.82, 2.24) is 10.6 Å². The van der Waals surface area contributed by atoms with E-state index in [-0.39, 0.29) is 18.0 Å². The lowest BCUT2D eigenvalue weighted by molar-refractivity contribution is -0.139. The lowest BCUT2D eigenvalue weighted by Crippen LogP contribution is -2.50. The van der Waals surface area contributed by atoms with Gasteiger partial charge in [0, 0.05) is 22.2 Å². The average molecular weight is 369 g/mol. The zero-order valence-electron chi connectivity index (χ0n) is 13.7. The molecule has 0 saturated heterocycles. The first-order chi connectivity index (χ1) is 11.5. The normalized spacial score (nSPS) is 17.3. The molecule has 0 radical (unpaired) electrons. The molecule has 1 aromatic carbocycles. The van der Waals surface area contributed by atoms with Crippen molar-refractivity contribution in [3.63, 3.8) is 0 Å². The Labute approximate surface area is 151 Å². The van der Waals surface area contributed by atoms with Crippen molar-refractivity contribution in [3.8, 4) is 0 Å². The van der Waals surface area contributed by atoms with Gasteiger partial charge in [0.05, 0.1) is 18.2 Å². The molecule has 2 rings (SSSR count). The summed E-state index contributed by atoms with van der Waals surface area (Å²) in [6.45, 7) is 4.00. The van der Waals surface area contributed by atoms with Crippen LogP contribution in [-0.2, 0) is 15.3 Å². The van der Waals surface area contributed by atoms with Gasteiger partial charge in [0.2, 0.25) is 0 Å². The highest BCUT2D eigenvalue weighted by atomic mass is 35.5. The molecule has 1 aliphatic rings. The Morgan fingerprint density at radius 3 is 2.58 bits per heavy atom. The highest BCUT2D eigenvalue weighted by Gasteiger charge is 2.31. The molecular formula is C17H21ClN2O3S. The molecular weight excluding hydrogens is 348 g/mol. The van der Waals surface area contributed by atoms with Gasteiger partial charge in [-0.05, 0) is 31.0 Å². The lowest BCUT2D eigenvalue weighted by Gasteiger charge is -2.28. The minimum Gasteiger partial charge on any atom is -0.463 e. The van der Waals surface area contributed by atoms with Crippen LogP contribution in [0.4, 0.5) is 4.79 Å². The summed E-state index contributed by atoms with van der Waals surface area (Å²) in [6.07, 6.45) is 0.632. The van der Waals surface area contributed by atoms with Crippen molar-refractivity contribution in [2.75, 3.05) is 12.4 Å². The zero-order valence-corrected chi connectivity index (χ0v) is 15.3. The summed E-state index contributed by atoms with van der Waals surface area (Å²) in [7, 11) is 0. The van der Waals surface area contributed by atoms with E-state index < -0.39 is 0 Å². The first-order valence-electron chi connectivity index (χ1n) is 7.85. The Balaban J connectivity index is 2.10. The number of urea groups is 1. The van der Waals surface area contributed by atoms with Gasteiger partial charge < -0.3 is 15.4 Å². The topological polar surface area (TPSA) is 67.4 Å². The molecule has 24 heavy (non-hydrogen) atoms. The van der Waals surface area contributed by atoms with E-state index in [1.165, 1.54) is 0 Å². The quantitative estimate of drug-likeness (QED) is 0.723. The molecule has 7 heteroatoms. The van der Waals surface area contributed by atoms with Crippen LogP contribution >= 0.6 is 23.4 Å². The van der Waals surface area contributed by atoms with Crippen LogP contribution in [0.1, 0.15) is 25.8 Å². The van der Waals surface area contributed by atoms with Crippen LogP contribution < -0.4 is 10.6 Å². The van der Waals surface area contributed by atoms with Gasteiger partial charge in [-0.15, -0.1) is 0 Å². The Hall–Kier alpha value is -1.66. The number of esters is 1. The minimum atomic E-state index is -0.376. The molecule has 1 heterocycles. The van der Waals surface area contributed by atoms with Crippen molar-refractivity contribution in [1.29, 1.82) is 0 Å². The van der Waals surface area contributed by atoms with Gasteiger partial charge in [-0.3, -0.25) is 0 Å². The van der Waals surface area contributed by atoms with E-state index in [2.05, 4.69) is 10.6 Å². The number of benzene rings is 1. The second-order valence-corrected chi connectivity index (χ2v) is 6.71. The zero-order chi connectivity index (χ0) is 17.5. The highest BCUT2D eigenvalue weighted by Crippen LogP contribution is 2.22. The number of hydrogen-bond donors (Lipinski definition) is 2. The summed E-state index contributed by atoms with van der Waals surface area (Å²) in [6, 6.07) is 7.03. The fourth-order valence-corrected chi connectivity index (χ4v) is 3.52. The van der Waals surface area contributed by atoms with Gasteiger partial charge in [0.1, 0.15) is 0 Å². The van der Waals surface area contributed by atoms with Gasteiger partial charge >= 0.3 is 12.0 Å². The van der Waals surface area contributed by atoms with E-state index in [0.717, 1.165) is 11.3 Å². The Morgan fingerprint density at radius 1 is 1.25 bits per heavy atom. The maximum Gasteiger partial charge on any atom is 0.337 e. The SMILES string of the molecule is CCOC(=O)C1=C(CSCc2ccc(Cl)cc2)NC(=O)N[C@@H]1CC. The molecule has 130 valence electrons. The van der Waals surface area contributed by atoms with E-state index in [9.17, 15) is 9.59 Å². The third-order valence-electron chi connectivity index (χ3n) is 3.58. The lowest BCUT2D eigenvalue weighted by atomic mass is 10.0. The van der Waals surface area contributed by atoms with Crippen molar-refractivity contribution in [3.05, 3.63) is 46.1 Å². The number of rotatable bonds is 7. The molecule has 2 N–H and O–H groups in total. The number of amides is 2. The third kappa shape index (κ3) is 4.92. The van der Waals surface area contributed by atoms with Crippen molar-refractivity contribution in [2.24, 2.45) is 0 Å². The molecule has 0 saturated carbocycles. The molecule has 0 fully saturated rings. The summed E-state index contributed by atoms with van der Waals surface area (Å²) >= 11 is 7.50. The van der Waals surface area contributed by atoms with Crippen molar-refractivity contribution >= 4 is 35.4 Å². The van der Waals surface area contributed by atoms with E-state index >= 15 is 0 Å². The third-order valence-corrected chi connectivity index (χ3v) is 4.86. The molecule has 0 bridgehead atoms. The number of thioether (sulfide) groups is 1. The second-order valence-electron chi connectivity index (χ2n) is 5.29. The predicted octanol–water partition coefficient (Wildman–Crippen LogP) is 3.48. The number of halogens is 1. The van der Waals surface area contributed by atoms with Crippen molar-refractivity contribution < 1.29 is 14.3 Å². The van der Waals surface area contributed by atoms with E-state index in [4.69, 9.17) is 16.3 Å². The summed E-state index contributed by atoms with van der Waals surface area (Å²) in [5, 5.41) is 6.22. The molecule has 2 amide bonds. The minimum absolute atomic E-state index is 0.281. The van der Waals surface area contributed by atoms with E-state index in [1.54, 1.807) is 18.7 Å². The molecule has 0 aromatic heterocycles. The molecule has 5 nitrogen and oxygen atoms in total. The maximum absolute atomic E-state index is 12.3. The Morgan fingerprint density at radius 2 is 1.96 bits per heavy atom. The summed E-state index contributed by atoms with van der Waals surface area (Å²) in [5.74, 6) is 0.913. The van der Waals surface area contributed by atoms with Crippen molar-refractivity contribution in [2.45, 2.75) is 32.1 Å². The molecule has 1 atom stereocenters. The first-order valence-corrected chi connectivity index (χ1v) is 9.38. The van der Waals surface area contributed by atoms with Gasteiger partial charge in [-0.25, -0.2) is 9.59 Å². The molecule has 0 aliphatic carbocycles. The van der Waals surface area contributed by atoms with Crippen LogP contribution in [0, 0.1) is 0 Å². The fraction of sp³-hybridized carbons (Fsp3) is 0.412. The number of nitrogens with one attached hydrogen (secondary N) is 2. The number of hydrogen-bond acceptors (Lipinski definition) is 4. The van der Waals surface area contributed by atoms with Crippen LogP contribution in [0.3, 0.4) is 0 Å². The smallest absolute Gasteiger partial charge is 0.337 e.